The third-order valence-electron chi connectivity index (χ3n) is 3.80. The van der Waals surface area contributed by atoms with Gasteiger partial charge in [-0.1, -0.05) is 26.0 Å². The predicted octanol–water partition coefficient (Wildman–Crippen LogP) is 3.69. The van der Waals surface area contributed by atoms with E-state index in [4.69, 9.17) is 9.47 Å². The number of amides is 1. The van der Waals surface area contributed by atoms with Crippen molar-refractivity contribution in [2.75, 3.05) is 38.2 Å². The Morgan fingerprint density at radius 3 is 2.28 bits per heavy atom. The molecular formula is C20H34N2O3. The highest BCUT2D eigenvalue weighted by atomic mass is 16.7. The maximum Gasteiger partial charge on any atom is 0.226 e. The fraction of sp³-hybridized carbons (Fsp3) is 0.650. The van der Waals surface area contributed by atoms with Crippen LogP contribution in [0.25, 0.3) is 0 Å². The van der Waals surface area contributed by atoms with Gasteiger partial charge in [0.1, 0.15) is 0 Å². The largest absolute Gasteiger partial charge is 0.380 e. The molecule has 0 unspecified atom stereocenters. The highest BCUT2D eigenvalue weighted by Crippen LogP contribution is 2.13. The Balaban J connectivity index is 2.62. The number of hydrogen-bond acceptors (Lipinski definition) is 4. The van der Waals surface area contributed by atoms with E-state index in [1.54, 1.807) is 0 Å². The summed E-state index contributed by atoms with van der Waals surface area (Å²) in [6, 6.07) is 8.01. The lowest BCUT2D eigenvalue weighted by molar-refractivity contribution is -0.130. The summed E-state index contributed by atoms with van der Waals surface area (Å²) in [5, 5.41) is 3.33. The maximum absolute atomic E-state index is 12.5. The zero-order valence-corrected chi connectivity index (χ0v) is 16.2. The first-order valence-corrected chi connectivity index (χ1v) is 9.48. The molecule has 1 amide bonds. The van der Waals surface area contributed by atoms with Gasteiger partial charge in [0.05, 0.1) is 13.0 Å². The van der Waals surface area contributed by atoms with E-state index in [9.17, 15) is 4.79 Å². The highest BCUT2D eigenvalue weighted by Gasteiger charge is 2.13. The van der Waals surface area contributed by atoms with Gasteiger partial charge in [0.2, 0.25) is 5.91 Å². The minimum atomic E-state index is -0.259. The first kappa shape index (κ1) is 21.5. The smallest absolute Gasteiger partial charge is 0.226 e. The summed E-state index contributed by atoms with van der Waals surface area (Å²) in [5.74, 6) is 0.197. The second kappa shape index (κ2) is 12.7. The van der Waals surface area contributed by atoms with Crippen LogP contribution >= 0.6 is 0 Å². The van der Waals surface area contributed by atoms with Crippen LogP contribution in [0.5, 0.6) is 0 Å². The van der Waals surface area contributed by atoms with Crippen molar-refractivity contribution in [2.24, 2.45) is 0 Å². The molecule has 0 aliphatic rings. The molecule has 0 saturated heterocycles. The fourth-order valence-corrected chi connectivity index (χ4v) is 2.72. The SMILES string of the molecule is CCCN(CCC)C(=O)Cc1cccc(NCC(OCC)OCC)c1. The van der Waals surface area contributed by atoms with E-state index in [2.05, 4.69) is 19.2 Å². The number of ether oxygens (including phenoxy) is 2. The molecule has 1 rings (SSSR count). The second-order valence-corrected chi connectivity index (χ2v) is 5.98. The Kier molecular flexibility index (Phi) is 10.9. The van der Waals surface area contributed by atoms with Crippen molar-refractivity contribution in [1.82, 2.24) is 4.90 Å². The van der Waals surface area contributed by atoms with E-state index in [1.165, 1.54) is 0 Å². The number of benzene rings is 1. The van der Waals surface area contributed by atoms with Crippen LogP contribution in [0.2, 0.25) is 0 Å². The summed E-state index contributed by atoms with van der Waals surface area (Å²) in [6.07, 6.45) is 2.16. The third-order valence-corrected chi connectivity index (χ3v) is 3.80. The van der Waals surface area contributed by atoms with Crippen LogP contribution in [0.1, 0.15) is 46.1 Å². The van der Waals surface area contributed by atoms with Crippen LogP contribution in [-0.4, -0.2) is 49.9 Å². The molecule has 0 saturated carbocycles. The normalized spacial score (nSPS) is 10.9. The van der Waals surface area contributed by atoms with Crippen molar-refractivity contribution in [1.29, 1.82) is 0 Å². The van der Waals surface area contributed by atoms with Crippen molar-refractivity contribution in [3.63, 3.8) is 0 Å². The summed E-state index contributed by atoms with van der Waals surface area (Å²) >= 11 is 0. The summed E-state index contributed by atoms with van der Waals surface area (Å²) in [7, 11) is 0. The minimum absolute atomic E-state index is 0.197. The first-order valence-electron chi connectivity index (χ1n) is 9.48. The Hall–Kier alpha value is -1.59. The van der Waals surface area contributed by atoms with Gasteiger partial charge in [0.15, 0.2) is 6.29 Å². The van der Waals surface area contributed by atoms with Gasteiger partial charge in [0.25, 0.3) is 0 Å². The topological polar surface area (TPSA) is 50.8 Å². The van der Waals surface area contributed by atoms with Gasteiger partial charge in [-0.3, -0.25) is 4.79 Å². The van der Waals surface area contributed by atoms with E-state index in [0.29, 0.717) is 26.2 Å². The van der Waals surface area contributed by atoms with Crippen molar-refractivity contribution in [3.8, 4) is 0 Å². The molecular weight excluding hydrogens is 316 g/mol. The molecule has 0 spiro atoms. The first-order chi connectivity index (χ1) is 12.1. The van der Waals surface area contributed by atoms with Crippen molar-refractivity contribution >= 4 is 11.6 Å². The minimum Gasteiger partial charge on any atom is -0.380 e. The van der Waals surface area contributed by atoms with E-state index in [1.807, 2.05) is 43.0 Å². The lowest BCUT2D eigenvalue weighted by atomic mass is 10.1. The number of nitrogens with one attached hydrogen (secondary N) is 1. The zero-order chi connectivity index (χ0) is 18.5. The molecule has 1 N–H and O–H groups in total. The number of rotatable bonds is 13. The van der Waals surface area contributed by atoms with Gasteiger partial charge in [-0.05, 0) is 44.4 Å². The molecule has 0 aliphatic carbocycles. The molecule has 0 fully saturated rings. The Bertz CT molecular complexity index is 482. The molecule has 1 aromatic rings. The van der Waals surface area contributed by atoms with Crippen molar-refractivity contribution < 1.29 is 14.3 Å². The van der Waals surface area contributed by atoms with Gasteiger partial charge in [-0.2, -0.15) is 0 Å². The molecule has 25 heavy (non-hydrogen) atoms. The summed E-state index contributed by atoms with van der Waals surface area (Å²) in [5.41, 5.74) is 2.00. The van der Waals surface area contributed by atoms with Crippen molar-refractivity contribution in [3.05, 3.63) is 29.8 Å². The van der Waals surface area contributed by atoms with Crippen LogP contribution in [0.3, 0.4) is 0 Å². The zero-order valence-electron chi connectivity index (χ0n) is 16.2. The van der Waals surface area contributed by atoms with E-state index in [-0.39, 0.29) is 12.2 Å². The lowest BCUT2D eigenvalue weighted by Crippen LogP contribution is -2.33. The van der Waals surface area contributed by atoms with Crippen LogP contribution < -0.4 is 5.32 Å². The van der Waals surface area contributed by atoms with Gasteiger partial charge in [0, 0.05) is 32.0 Å². The van der Waals surface area contributed by atoms with E-state index >= 15 is 0 Å². The summed E-state index contributed by atoms with van der Waals surface area (Å²) < 4.78 is 11.1. The number of anilines is 1. The molecule has 0 aromatic heterocycles. The van der Waals surface area contributed by atoms with Crippen LogP contribution in [-0.2, 0) is 20.7 Å². The highest BCUT2D eigenvalue weighted by molar-refractivity contribution is 5.79. The molecule has 1 aromatic carbocycles. The average molecular weight is 351 g/mol. The summed E-state index contributed by atoms with van der Waals surface area (Å²) in [6.45, 7) is 11.6. The standard InChI is InChI=1S/C20H34N2O3/c1-5-12-22(13-6-2)19(23)15-17-10-9-11-18(14-17)21-16-20(24-7-3)25-8-4/h9-11,14,20-21H,5-8,12-13,15-16H2,1-4H3. The van der Waals surface area contributed by atoms with E-state index < -0.39 is 0 Å². The lowest BCUT2D eigenvalue weighted by Gasteiger charge is -2.22. The molecule has 0 aliphatic heterocycles. The number of carbonyl (C=O) groups is 1. The Morgan fingerprint density at radius 2 is 1.72 bits per heavy atom. The molecule has 0 heterocycles. The molecule has 0 radical (unpaired) electrons. The monoisotopic (exact) mass is 350 g/mol. The van der Waals surface area contributed by atoms with E-state index in [0.717, 1.165) is 37.2 Å². The third kappa shape index (κ3) is 8.36. The number of nitrogens with zero attached hydrogens (tertiary/aromatic N) is 1. The van der Waals surface area contributed by atoms with Gasteiger partial charge in [-0.15, -0.1) is 0 Å². The fourth-order valence-electron chi connectivity index (χ4n) is 2.72. The molecule has 142 valence electrons. The Morgan fingerprint density at radius 1 is 1.08 bits per heavy atom. The van der Waals surface area contributed by atoms with Gasteiger partial charge < -0.3 is 19.7 Å². The molecule has 0 atom stereocenters. The van der Waals surface area contributed by atoms with Crippen LogP contribution in [0.15, 0.2) is 24.3 Å². The van der Waals surface area contributed by atoms with Crippen molar-refractivity contribution in [2.45, 2.75) is 53.2 Å². The second-order valence-electron chi connectivity index (χ2n) is 5.98. The maximum atomic E-state index is 12.5. The van der Waals surface area contributed by atoms with Crippen LogP contribution in [0, 0.1) is 0 Å². The average Bonchev–Trinajstić information content (AvgIpc) is 2.60. The number of carbonyl (C=O) groups excluding carboxylic acids is 1. The van der Waals surface area contributed by atoms with Gasteiger partial charge >= 0.3 is 0 Å². The molecule has 0 bridgehead atoms. The molecule has 5 nitrogen and oxygen atoms in total. The summed E-state index contributed by atoms with van der Waals surface area (Å²) in [4.78, 5) is 14.5. The predicted molar refractivity (Wildman–Crippen MR) is 103 cm³/mol. The Labute approximate surface area is 152 Å². The quantitative estimate of drug-likeness (QED) is 0.551. The number of hydrogen-bond donors (Lipinski definition) is 1. The van der Waals surface area contributed by atoms with Gasteiger partial charge in [-0.25, -0.2) is 0 Å². The van der Waals surface area contributed by atoms with Crippen LogP contribution in [0.4, 0.5) is 5.69 Å². The molecule has 5 heteroatoms.